The van der Waals surface area contributed by atoms with Crippen molar-refractivity contribution in [2.24, 2.45) is 0 Å². The number of hydrogen-bond acceptors (Lipinski definition) is 6. The Labute approximate surface area is 186 Å². The Morgan fingerprint density at radius 3 is 2.58 bits per heavy atom. The summed E-state index contributed by atoms with van der Waals surface area (Å²) in [5.74, 6) is -0.270. The number of carbonyl (C=O) groups is 1. The first kappa shape index (κ1) is 21.7. The van der Waals surface area contributed by atoms with Crippen molar-refractivity contribution in [3.63, 3.8) is 0 Å². The Morgan fingerprint density at radius 1 is 1.13 bits per heavy atom. The van der Waals surface area contributed by atoms with Gasteiger partial charge in [-0.3, -0.25) is 4.79 Å². The number of nitrogens with zero attached hydrogens (tertiary/aromatic N) is 3. The third kappa shape index (κ3) is 4.30. The molecule has 0 unspecified atom stereocenters. The molecule has 0 spiro atoms. The highest BCUT2D eigenvalue weighted by molar-refractivity contribution is 7.89. The first-order chi connectivity index (χ1) is 14.9. The summed E-state index contributed by atoms with van der Waals surface area (Å²) in [5.41, 5.74) is 4.49. The van der Waals surface area contributed by atoms with Crippen molar-refractivity contribution in [3.05, 3.63) is 47.5 Å². The Kier molecular flexibility index (Phi) is 6.27. The van der Waals surface area contributed by atoms with Crippen LogP contribution < -0.4 is 10.2 Å². The van der Waals surface area contributed by atoms with Gasteiger partial charge in [-0.2, -0.15) is 4.31 Å². The first-order valence-corrected chi connectivity index (χ1v) is 12.8. The van der Waals surface area contributed by atoms with Crippen molar-refractivity contribution < 1.29 is 13.2 Å². The number of aromatic nitrogens is 1. The molecule has 0 aliphatic carbocycles. The van der Waals surface area contributed by atoms with E-state index in [1.54, 1.807) is 23.7 Å². The van der Waals surface area contributed by atoms with Gasteiger partial charge in [-0.15, -0.1) is 11.3 Å². The highest BCUT2D eigenvalue weighted by Crippen LogP contribution is 2.33. The van der Waals surface area contributed by atoms with E-state index in [0.29, 0.717) is 24.3 Å². The SMILES string of the molecule is CCN(CC)S(=O)(=O)c1ccc(N2CCCC2)c(NC(=O)c2ccc3ncsc3c2)c1. The maximum Gasteiger partial charge on any atom is 0.255 e. The summed E-state index contributed by atoms with van der Waals surface area (Å²) in [5, 5.41) is 2.97. The van der Waals surface area contributed by atoms with E-state index in [2.05, 4.69) is 15.2 Å². The number of fused-ring (bicyclic) bond motifs is 1. The zero-order valence-electron chi connectivity index (χ0n) is 17.7. The molecule has 1 aromatic heterocycles. The van der Waals surface area contributed by atoms with Gasteiger partial charge in [0.2, 0.25) is 10.0 Å². The lowest BCUT2D eigenvalue weighted by atomic mass is 10.2. The molecular formula is C22H26N4O3S2. The minimum absolute atomic E-state index is 0.187. The van der Waals surface area contributed by atoms with Gasteiger partial charge in [0.15, 0.2) is 0 Å². The van der Waals surface area contributed by atoms with Gasteiger partial charge in [0.1, 0.15) is 0 Å². The molecule has 31 heavy (non-hydrogen) atoms. The van der Waals surface area contributed by atoms with Crippen LogP contribution in [0.2, 0.25) is 0 Å². The number of benzene rings is 2. The molecule has 2 aromatic carbocycles. The minimum Gasteiger partial charge on any atom is -0.370 e. The van der Waals surface area contributed by atoms with Gasteiger partial charge in [0.05, 0.1) is 32.0 Å². The second-order valence-electron chi connectivity index (χ2n) is 7.45. The molecule has 9 heteroatoms. The Hall–Kier alpha value is -2.49. The molecule has 0 bridgehead atoms. The molecule has 2 heterocycles. The molecule has 0 saturated carbocycles. The maximum absolute atomic E-state index is 13.0. The molecular weight excluding hydrogens is 432 g/mol. The lowest BCUT2D eigenvalue weighted by Gasteiger charge is -2.24. The van der Waals surface area contributed by atoms with Crippen molar-refractivity contribution in [2.45, 2.75) is 31.6 Å². The van der Waals surface area contributed by atoms with Crippen molar-refractivity contribution in [2.75, 3.05) is 36.4 Å². The smallest absolute Gasteiger partial charge is 0.255 e. The molecule has 1 saturated heterocycles. The number of carbonyl (C=O) groups excluding carboxylic acids is 1. The molecule has 1 fully saturated rings. The number of anilines is 2. The normalized spacial score (nSPS) is 14.5. The van der Waals surface area contributed by atoms with E-state index < -0.39 is 10.0 Å². The summed E-state index contributed by atoms with van der Waals surface area (Å²) in [7, 11) is -3.63. The molecule has 1 N–H and O–H groups in total. The molecule has 4 rings (SSSR count). The number of rotatable bonds is 7. The first-order valence-electron chi connectivity index (χ1n) is 10.5. The molecule has 1 aliphatic rings. The summed E-state index contributed by atoms with van der Waals surface area (Å²) in [4.78, 5) is 19.7. The molecule has 7 nitrogen and oxygen atoms in total. The van der Waals surface area contributed by atoms with Crippen LogP contribution >= 0.6 is 11.3 Å². The van der Waals surface area contributed by atoms with Crippen LogP contribution in [0.15, 0.2) is 46.8 Å². The standard InChI is InChI=1S/C22H26N4O3S2/c1-3-26(4-2)31(28,29)17-8-10-20(25-11-5-6-12-25)19(14-17)24-22(27)16-7-9-18-21(13-16)30-15-23-18/h7-10,13-15H,3-6,11-12H2,1-2H3,(H,24,27). The van der Waals surface area contributed by atoms with Gasteiger partial charge in [0.25, 0.3) is 5.91 Å². The number of sulfonamides is 1. The zero-order chi connectivity index (χ0) is 22.0. The van der Waals surface area contributed by atoms with Gasteiger partial charge in [0, 0.05) is 31.7 Å². The van der Waals surface area contributed by atoms with Gasteiger partial charge in [-0.1, -0.05) is 13.8 Å². The van der Waals surface area contributed by atoms with Crippen LogP contribution in [0.5, 0.6) is 0 Å². The largest absolute Gasteiger partial charge is 0.370 e. The fraction of sp³-hybridized carbons (Fsp3) is 0.364. The van der Waals surface area contributed by atoms with Crippen molar-refractivity contribution in [3.8, 4) is 0 Å². The number of amides is 1. The van der Waals surface area contributed by atoms with E-state index in [1.807, 2.05) is 32.0 Å². The average molecular weight is 459 g/mol. The zero-order valence-corrected chi connectivity index (χ0v) is 19.3. The predicted octanol–water partition coefficient (Wildman–Crippen LogP) is 4.18. The van der Waals surface area contributed by atoms with Crippen molar-refractivity contribution in [1.29, 1.82) is 0 Å². The van der Waals surface area contributed by atoms with E-state index in [-0.39, 0.29) is 10.8 Å². The van der Waals surface area contributed by atoms with E-state index in [0.717, 1.165) is 41.8 Å². The van der Waals surface area contributed by atoms with Crippen molar-refractivity contribution in [1.82, 2.24) is 9.29 Å². The van der Waals surface area contributed by atoms with Crippen LogP contribution in [0.4, 0.5) is 11.4 Å². The Morgan fingerprint density at radius 2 is 1.87 bits per heavy atom. The number of hydrogen-bond donors (Lipinski definition) is 1. The quantitative estimate of drug-likeness (QED) is 0.574. The van der Waals surface area contributed by atoms with Gasteiger partial charge < -0.3 is 10.2 Å². The number of nitrogens with one attached hydrogen (secondary N) is 1. The Bertz CT molecular complexity index is 1200. The second kappa shape index (κ2) is 8.94. The monoisotopic (exact) mass is 458 g/mol. The Balaban J connectivity index is 1.71. The third-order valence-electron chi connectivity index (χ3n) is 5.60. The molecule has 164 valence electrons. The maximum atomic E-state index is 13.0. The van der Waals surface area contributed by atoms with Gasteiger partial charge in [-0.25, -0.2) is 13.4 Å². The predicted molar refractivity (Wildman–Crippen MR) is 126 cm³/mol. The number of thiazole rings is 1. The molecule has 0 radical (unpaired) electrons. The summed E-state index contributed by atoms with van der Waals surface area (Å²) >= 11 is 1.48. The third-order valence-corrected chi connectivity index (χ3v) is 8.44. The van der Waals surface area contributed by atoms with Gasteiger partial charge in [-0.05, 0) is 49.2 Å². The van der Waals surface area contributed by atoms with Crippen molar-refractivity contribution >= 4 is 48.9 Å². The molecule has 0 atom stereocenters. The van der Waals surface area contributed by atoms with Crippen LogP contribution in [-0.2, 0) is 10.0 Å². The second-order valence-corrected chi connectivity index (χ2v) is 10.3. The molecule has 1 aliphatic heterocycles. The van der Waals surface area contributed by atoms with E-state index in [4.69, 9.17) is 0 Å². The summed E-state index contributed by atoms with van der Waals surface area (Å²) in [6.45, 7) is 6.19. The van der Waals surface area contributed by atoms with Crippen LogP contribution in [0.25, 0.3) is 10.2 Å². The topological polar surface area (TPSA) is 82.6 Å². The summed E-state index contributed by atoms with van der Waals surface area (Å²) < 4.78 is 28.4. The summed E-state index contributed by atoms with van der Waals surface area (Å²) in [6, 6.07) is 10.4. The van der Waals surface area contributed by atoms with E-state index >= 15 is 0 Å². The molecule has 3 aromatic rings. The van der Waals surface area contributed by atoms with Crippen LogP contribution in [0.1, 0.15) is 37.0 Å². The fourth-order valence-electron chi connectivity index (χ4n) is 3.91. The average Bonchev–Trinajstić information content (AvgIpc) is 3.46. The lowest BCUT2D eigenvalue weighted by molar-refractivity contribution is 0.102. The summed E-state index contributed by atoms with van der Waals surface area (Å²) in [6.07, 6.45) is 2.16. The highest BCUT2D eigenvalue weighted by Gasteiger charge is 2.25. The van der Waals surface area contributed by atoms with Crippen LogP contribution in [0, 0.1) is 0 Å². The fourth-order valence-corrected chi connectivity index (χ4v) is 6.11. The highest BCUT2D eigenvalue weighted by atomic mass is 32.2. The van der Waals surface area contributed by atoms with E-state index in [1.165, 1.54) is 15.6 Å². The van der Waals surface area contributed by atoms with Gasteiger partial charge >= 0.3 is 0 Å². The van der Waals surface area contributed by atoms with Crippen LogP contribution in [0.3, 0.4) is 0 Å². The molecule has 1 amide bonds. The lowest BCUT2D eigenvalue weighted by Crippen LogP contribution is -2.31. The minimum atomic E-state index is -3.63. The van der Waals surface area contributed by atoms with Crippen LogP contribution in [-0.4, -0.2) is 49.8 Å². The van der Waals surface area contributed by atoms with E-state index in [9.17, 15) is 13.2 Å².